The van der Waals surface area contributed by atoms with E-state index < -0.39 is 29.8 Å². The first-order valence-corrected chi connectivity index (χ1v) is 10.7. The summed E-state index contributed by atoms with van der Waals surface area (Å²) in [5, 5.41) is 0. The average molecular weight is 489 g/mol. The molecule has 2 aliphatic heterocycles. The second-order valence-electron chi connectivity index (χ2n) is 7.56. The molecule has 0 bridgehead atoms. The Morgan fingerprint density at radius 1 is 0.914 bits per heavy atom. The molecule has 1 aromatic carbocycles. The Hall–Kier alpha value is -4.02. The average Bonchev–Trinajstić information content (AvgIpc) is 3.33. The van der Waals surface area contributed by atoms with E-state index in [2.05, 4.69) is 0 Å². The van der Waals surface area contributed by atoms with Gasteiger partial charge in [-0.15, -0.1) is 0 Å². The van der Waals surface area contributed by atoms with Crippen LogP contribution in [0.1, 0.15) is 42.6 Å². The molecule has 11 heteroatoms. The van der Waals surface area contributed by atoms with Crippen LogP contribution in [-0.2, 0) is 33.3 Å². The van der Waals surface area contributed by atoms with Crippen molar-refractivity contribution in [3.05, 3.63) is 45.8 Å². The second kappa shape index (κ2) is 10.5. The van der Waals surface area contributed by atoms with Crippen LogP contribution in [-0.4, -0.2) is 70.1 Å². The highest BCUT2D eigenvalue weighted by Gasteiger charge is 2.43. The van der Waals surface area contributed by atoms with Gasteiger partial charge < -0.3 is 33.3 Å². The fourth-order valence-corrected chi connectivity index (χ4v) is 4.28. The molecule has 0 saturated heterocycles. The van der Waals surface area contributed by atoms with Crippen LogP contribution in [0.5, 0.6) is 11.5 Å². The highest BCUT2D eigenvalue weighted by atomic mass is 16.7. The van der Waals surface area contributed by atoms with Gasteiger partial charge in [0.2, 0.25) is 6.79 Å². The van der Waals surface area contributed by atoms with Crippen molar-refractivity contribution in [2.24, 2.45) is 0 Å². The van der Waals surface area contributed by atoms with Gasteiger partial charge in [-0.05, 0) is 32.4 Å². The van der Waals surface area contributed by atoms with Crippen molar-refractivity contribution in [1.82, 2.24) is 4.90 Å². The maximum Gasteiger partial charge on any atom is 0.342 e. The van der Waals surface area contributed by atoms with Crippen LogP contribution in [0.15, 0.2) is 34.7 Å². The molecule has 11 nitrogen and oxygen atoms in total. The van der Waals surface area contributed by atoms with E-state index in [9.17, 15) is 19.2 Å². The van der Waals surface area contributed by atoms with E-state index in [1.54, 1.807) is 32.9 Å². The molecule has 0 fully saturated rings. The lowest BCUT2D eigenvalue weighted by Crippen LogP contribution is -2.38. The summed E-state index contributed by atoms with van der Waals surface area (Å²) in [6, 6.07) is 3.13. The number of rotatable bonds is 7. The lowest BCUT2D eigenvalue weighted by Gasteiger charge is -2.37. The third-order valence-electron chi connectivity index (χ3n) is 5.84. The monoisotopic (exact) mass is 489 g/mol. The van der Waals surface area contributed by atoms with E-state index in [0.717, 1.165) is 0 Å². The molecular formula is C24H27NO10. The summed E-state index contributed by atoms with van der Waals surface area (Å²) in [6.07, 6.45) is 0. The number of allylic oxidation sites excluding steroid dienone is 2. The Morgan fingerprint density at radius 2 is 1.49 bits per heavy atom. The molecule has 0 unspecified atom stereocenters. The first-order chi connectivity index (χ1) is 16.7. The minimum absolute atomic E-state index is 0.00486. The molecule has 3 rings (SSSR count). The molecular weight excluding hydrogens is 462 g/mol. The Balaban J connectivity index is 2.35. The van der Waals surface area contributed by atoms with E-state index in [1.807, 2.05) is 0 Å². The van der Waals surface area contributed by atoms with E-state index in [1.165, 1.54) is 26.2 Å². The molecule has 0 aliphatic carbocycles. The lowest BCUT2D eigenvalue weighted by molar-refractivity contribution is -0.144. The molecule has 2 aliphatic rings. The highest BCUT2D eigenvalue weighted by molar-refractivity contribution is 6.03. The molecule has 188 valence electrons. The maximum atomic E-state index is 13.1. The van der Waals surface area contributed by atoms with Crippen LogP contribution in [0.3, 0.4) is 0 Å². The summed E-state index contributed by atoms with van der Waals surface area (Å²) in [6.45, 7) is 4.68. The summed E-state index contributed by atoms with van der Waals surface area (Å²) >= 11 is 0. The molecule has 0 aromatic heterocycles. The van der Waals surface area contributed by atoms with E-state index in [-0.39, 0.29) is 48.0 Å². The van der Waals surface area contributed by atoms with Gasteiger partial charge >= 0.3 is 23.9 Å². The van der Waals surface area contributed by atoms with Gasteiger partial charge in [0.1, 0.15) is 12.1 Å². The highest BCUT2D eigenvalue weighted by Crippen LogP contribution is 2.48. The van der Waals surface area contributed by atoms with Crippen molar-refractivity contribution in [2.75, 3.05) is 41.3 Å². The molecule has 0 amide bonds. The quantitative estimate of drug-likeness (QED) is 0.412. The SMILES string of the molecule is CCOC(=O)CN1C(C)=C(C(=O)OC)C(c2ccc3c(c2C(=O)OC)OCO3)C(C(=O)OC)=C1C. The van der Waals surface area contributed by atoms with Gasteiger partial charge in [0.15, 0.2) is 11.5 Å². The Kier molecular flexibility index (Phi) is 7.68. The van der Waals surface area contributed by atoms with Gasteiger partial charge in [-0.3, -0.25) is 4.79 Å². The summed E-state index contributed by atoms with van der Waals surface area (Å²) in [5.74, 6) is -3.48. The third kappa shape index (κ3) is 4.53. The Labute approximate surface area is 202 Å². The molecule has 2 heterocycles. The zero-order chi connectivity index (χ0) is 25.9. The van der Waals surface area contributed by atoms with Crippen molar-refractivity contribution in [2.45, 2.75) is 26.7 Å². The first-order valence-electron chi connectivity index (χ1n) is 10.7. The fraction of sp³-hybridized carbons (Fsp3) is 0.417. The van der Waals surface area contributed by atoms with Crippen LogP contribution < -0.4 is 9.47 Å². The number of fused-ring (bicyclic) bond motifs is 1. The van der Waals surface area contributed by atoms with Gasteiger partial charge in [-0.2, -0.15) is 0 Å². The molecule has 0 atom stereocenters. The fourth-order valence-electron chi connectivity index (χ4n) is 4.28. The van der Waals surface area contributed by atoms with Crippen molar-refractivity contribution in [3.8, 4) is 11.5 Å². The van der Waals surface area contributed by atoms with Gasteiger partial charge in [0.25, 0.3) is 0 Å². The normalized spacial score (nSPS) is 15.2. The molecule has 0 saturated carbocycles. The van der Waals surface area contributed by atoms with Crippen molar-refractivity contribution in [1.29, 1.82) is 0 Å². The molecule has 0 radical (unpaired) electrons. The van der Waals surface area contributed by atoms with Crippen molar-refractivity contribution < 1.29 is 47.6 Å². The predicted molar refractivity (Wildman–Crippen MR) is 119 cm³/mol. The zero-order valence-electron chi connectivity index (χ0n) is 20.4. The van der Waals surface area contributed by atoms with Crippen molar-refractivity contribution >= 4 is 23.9 Å². The van der Waals surface area contributed by atoms with Gasteiger partial charge in [0, 0.05) is 11.4 Å². The number of hydrogen-bond acceptors (Lipinski definition) is 11. The molecule has 0 spiro atoms. The Bertz CT molecular complexity index is 1090. The molecule has 35 heavy (non-hydrogen) atoms. The predicted octanol–water partition coefficient (Wildman–Crippen LogP) is 2.06. The summed E-state index contributed by atoms with van der Waals surface area (Å²) in [7, 11) is 3.59. The molecule has 0 N–H and O–H groups in total. The van der Waals surface area contributed by atoms with Gasteiger partial charge in [0.05, 0.1) is 45.0 Å². The summed E-state index contributed by atoms with van der Waals surface area (Å²) < 4.78 is 31.0. The van der Waals surface area contributed by atoms with Crippen LogP contribution in [0.4, 0.5) is 0 Å². The van der Waals surface area contributed by atoms with Crippen LogP contribution >= 0.6 is 0 Å². The number of carbonyl (C=O) groups is 4. The van der Waals surface area contributed by atoms with E-state index in [0.29, 0.717) is 17.1 Å². The largest absolute Gasteiger partial charge is 0.466 e. The van der Waals surface area contributed by atoms with Crippen molar-refractivity contribution in [3.63, 3.8) is 0 Å². The van der Waals surface area contributed by atoms with Gasteiger partial charge in [-0.25, -0.2) is 14.4 Å². The minimum Gasteiger partial charge on any atom is -0.466 e. The Morgan fingerprint density at radius 3 is 2.00 bits per heavy atom. The van der Waals surface area contributed by atoms with E-state index in [4.69, 9.17) is 28.4 Å². The number of nitrogens with zero attached hydrogens (tertiary/aromatic N) is 1. The minimum atomic E-state index is -1.10. The standard InChI is InChI=1S/C24H27NO10/c1-7-33-16(26)10-25-12(2)17(22(27)30-4)19(18(13(25)3)23(28)31-5)14-8-9-15-21(35-11-34-15)20(14)24(29)32-6/h8-9,19H,7,10-11H2,1-6H3. The molecule has 1 aromatic rings. The zero-order valence-corrected chi connectivity index (χ0v) is 20.4. The first kappa shape index (κ1) is 25.6. The summed E-state index contributed by atoms with van der Waals surface area (Å²) in [4.78, 5) is 52.9. The lowest BCUT2D eigenvalue weighted by atomic mass is 9.77. The third-order valence-corrected chi connectivity index (χ3v) is 5.84. The number of hydrogen-bond donors (Lipinski definition) is 0. The van der Waals surface area contributed by atoms with Crippen LogP contribution in [0.2, 0.25) is 0 Å². The smallest absolute Gasteiger partial charge is 0.342 e. The number of esters is 4. The second-order valence-corrected chi connectivity index (χ2v) is 7.56. The topological polar surface area (TPSA) is 127 Å². The van der Waals surface area contributed by atoms with Crippen LogP contribution in [0, 0.1) is 0 Å². The summed E-state index contributed by atoms with van der Waals surface area (Å²) in [5.41, 5.74) is 0.992. The van der Waals surface area contributed by atoms with E-state index >= 15 is 0 Å². The number of benzene rings is 1. The van der Waals surface area contributed by atoms with Gasteiger partial charge in [-0.1, -0.05) is 6.07 Å². The number of carbonyl (C=O) groups excluding carboxylic acids is 4. The van der Waals surface area contributed by atoms with Crippen LogP contribution in [0.25, 0.3) is 0 Å². The number of methoxy groups -OCH3 is 3. The maximum absolute atomic E-state index is 13.1. The number of ether oxygens (including phenoxy) is 6.